The van der Waals surface area contributed by atoms with Gasteiger partial charge >= 0.3 is 0 Å². The number of nitrogens with zero attached hydrogens (tertiary/aromatic N) is 1. The van der Waals surface area contributed by atoms with Crippen LogP contribution >= 0.6 is 11.6 Å². The van der Waals surface area contributed by atoms with E-state index in [1.807, 2.05) is 24.4 Å². The predicted molar refractivity (Wildman–Crippen MR) is 150 cm³/mol. The molecule has 5 aromatic rings. The van der Waals surface area contributed by atoms with E-state index >= 15 is 0 Å². The molecule has 7 rings (SSSR count). The van der Waals surface area contributed by atoms with Crippen LogP contribution in [0.5, 0.6) is 11.5 Å². The minimum absolute atomic E-state index is 0.0524. The van der Waals surface area contributed by atoms with E-state index in [-0.39, 0.29) is 10.8 Å². The average molecular weight is 490 g/mol. The molecule has 4 aromatic carbocycles. The van der Waals surface area contributed by atoms with Crippen LogP contribution in [0, 0.1) is 5.41 Å². The summed E-state index contributed by atoms with van der Waals surface area (Å²) in [6.45, 7) is 11.5. The summed E-state index contributed by atoms with van der Waals surface area (Å²) < 4.78 is 6.72. The van der Waals surface area contributed by atoms with E-state index in [0.29, 0.717) is 5.02 Å². The summed E-state index contributed by atoms with van der Waals surface area (Å²) in [7, 11) is 0. The summed E-state index contributed by atoms with van der Waals surface area (Å²) in [5.41, 5.74) is 8.75. The number of hydrogen-bond acceptors (Lipinski definition) is 2. The Hall–Kier alpha value is -3.36. The van der Waals surface area contributed by atoms with Crippen LogP contribution in [0.25, 0.3) is 43.9 Å². The molecule has 0 N–H and O–H groups in total. The Labute approximate surface area is 216 Å². The Bertz CT molecular complexity index is 1760. The van der Waals surface area contributed by atoms with Crippen molar-refractivity contribution in [1.29, 1.82) is 0 Å². The molecular formula is C33H28ClNO. The highest BCUT2D eigenvalue weighted by Crippen LogP contribution is 2.54. The second-order valence-corrected chi connectivity index (χ2v) is 12.5. The maximum Gasteiger partial charge on any atom is 0.140 e. The number of hydrogen-bond donors (Lipinski definition) is 0. The smallest absolute Gasteiger partial charge is 0.140 e. The van der Waals surface area contributed by atoms with E-state index in [1.54, 1.807) is 0 Å². The predicted octanol–water partition coefficient (Wildman–Crippen LogP) is 9.71. The van der Waals surface area contributed by atoms with Crippen molar-refractivity contribution in [3.05, 3.63) is 88.6 Å². The van der Waals surface area contributed by atoms with Crippen molar-refractivity contribution in [2.24, 2.45) is 5.41 Å². The zero-order chi connectivity index (χ0) is 25.0. The topological polar surface area (TPSA) is 22.1 Å². The second-order valence-electron chi connectivity index (χ2n) is 12.0. The highest BCUT2D eigenvalue weighted by Gasteiger charge is 2.36. The fraction of sp³-hybridized carbons (Fsp3) is 0.242. The van der Waals surface area contributed by atoms with Gasteiger partial charge < -0.3 is 4.74 Å². The third kappa shape index (κ3) is 3.01. The number of benzene rings is 4. The lowest BCUT2D eigenvalue weighted by atomic mass is 9.79. The number of aromatic nitrogens is 1. The summed E-state index contributed by atoms with van der Waals surface area (Å²) >= 11 is 6.49. The molecule has 1 aliphatic carbocycles. The lowest BCUT2D eigenvalue weighted by Crippen LogP contribution is -2.15. The molecule has 0 spiro atoms. The molecule has 0 fully saturated rings. The van der Waals surface area contributed by atoms with Gasteiger partial charge in [0.15, 0.2) is 0 Å². The van der Waals surface area contributed by atoms with Crippen LogP contribution in [0.3, 0.4) is 0 Å². The molecule has 36 heavy (non-hydrogen) atoms. The van der Waals surface area contributed by atoms with Crippen LogP contribution in [0.1, 0.15) is 51.3 Å². The van der Waals surface area contributed by atoms with Gasteiger partial charge in [-0.2, -0.15) is 0 Å². The second kappa shape index (κ2) is 7.11. The van der Waals surface area contributed by atoms with Gasteiger partial charge in [-0.1, -0.05) is 70.5 Å². The number of fused-ring (bicyclic) bond motifs is 6. The maximum atomic E-state index is 6.72. The first-order valence-electron chi connectivity index (χ1n) is 12.6. The first kappa shape index (κ1) is 21.9. The molecule has 2 aliphatic rings. The van der Waals surface area contributed by atoms with Gasteiger partial charge in [0.05, 0.1) is 11.1 Å². The molecule has 178 valence electrons. The summed E-state index contributed by atoms with van der Waals surface area (Å²) in [6.07, 6.45) is 2.77. The number of halogens is 1. The Morgan fingerprint density at radius 2 is 1.64 bits per heavy atom. The van der Waals surface area contributed by atoms with Crippen molar-refractivity contribution in [1.82, 2.24) is 4.98 Å². The zero-order valence-corrected chi connectivity index (χ0v) is 22.0. The van der Waals surface area contributed by atoms with Gasteiger partial charge in [0.1, 0.15) is 11.5 Å². The van der Waals surface area contributed by atoms with Crippen LogP contribution in [-0.4, -0.2) is 4.98 Å². The van der Waals surface area contributed by atoms with Crippen LogP contribution < -0.4 is 4.74 Å². The van der Waals surface area contributed by atoms with E-state index in [2.05, 4.69) is 77.1 Å². The van der Waals surface area contributed by atoms with Crippen LogP contribution in [0.15, 0.2) is 66.9 Å². The van der Waals surface area contributed by atoms with Crippen LogP contribution in [0.4, 0.5) is 0 Å². The maximum absolute atomic E-state index is 6.72. The molecule has 2 nitrogen and oxygen atoms in total. The third-order valence-corrected chi connectivity index (χ3v) is 8.08. The van der Waals surface area contributed by atoms with E-state index in [9.17, 15) is 0 Å². The molecule has 0 saturated heterocycles. The zero-order valence-electron chi connectivity index (χ0n) is 21.3. The molecule has 2 heterocycles. The fourth-order valence-electron chi connectivity index (χ4n) is 6.29. The molecule has 0 amide bonds. The minimum Gasteiger partial charge on any atom is -0.456 e. The van der Waals surface area contributed by atoms with E-state index in [4.69, 9.17) is 21.3 Å². The molecule has 1 aliphatic heterocycles. The highest BCUT2D eigenvalue weighted by atomic mass is 35.5. The monoisotopic (exact) mass is 489 g/mol. The van der Waals surface area contributed by atoms with Gasteiger partial charge in [-0.05, 0) is 80.6 Å². The van der Waals surface area contributed by atoms with Crippen LogP contribution in [-0.2, 0) is 11.8 Å². The summed E-state index contributed by atoms with van der Waals surface area (Å²) in [4.78, 5) is 4.86. The Balaban J connectivity index is 1.60. The largest absolute Gasteiger partial charge is 0.456 e. The summed E-state index contributed by atoms with van der Waals surface area (Å²) in [5, 5.41) is 5.26. The summed E-state index contributed by atoms with van der Waals surface area (Å²) in [5.74, 6) is 1.71. The minimum atomic E-state index is -0.0524. The van der Waals surface area contributed by atoms with Gasteiger partial charge in [-0.3, -0.25) is 4.98 Å². The van der Waals surface area contributed by atoms with Crippen molar-refractivity contribution in [3.63, 3.8) is 0 Å². The molecule has 3 heteroatoms. The molecule has 0 saturated carbocycles. The van der Waals surface area contributed by atoms with Gasteiger partial charge in [0, 0.05) is 33.8 Å². The Morgan fingerprint density at radius 3 is 2.44 bits per heavy atom. The molecule has 1 aromatic heterocycles. The molecule has 0 atom stereocenters. The quantitative estimate of drug-likeness (QED) is 0.229. The van der Waals surface area contributed by atoms with Crippen molar-refractivity contribution in [2.45, 2.75) is 46.5 Å². The standard InChI is InChI=1S/C33H28ClNO/c1-32(2,3)17-25-22-16-27-23(21-8-6-7-9-26(21)33(27,4)5)13-19(22)14-24-30-29-18(10-11-35-30)12-20(34)15-28(29)36-31(24)25/h6-16H,17H2,1-5H3. The van der Waals surface area contributed by atoms with Gasteiger partial charge in [-0.25, -0.2) is 0 Å². The van der Waals surface area contributed by atoms with Crippen molar-refractivity contribution >= 4 is 33.1 Å². The van der Waals surface area contributed by atoms with Gasteiger partial charge in [-0.15, -0.1) is 0 Å². The molecule has 0 radical (unpaired) electrons. The van der Waals surface area contributed by atoms with E-state index in [1.165, 1.54) is 38.6 Å². The highest BCUT2D eigenvalue weighted by molar-refractivity contribution is 6.32. The first-order chi connectivity index (χ1) is 17.1. The lowest BCUT2D eigenvalue weighted by molar-refractivity contribution is 0.400. The SMILES string of the molecule is CC(C)(C)Cc1c2c(cc3cc4c(cc13)C(C)(C)c1ccccc1-4)-c1nccc3cc(Cl)cc(c13)O2. The third-order valence-electron chi connectivity index (χ3n) is 7.86. The van der Waals surface area contributed by atoms with Crippen molar-refractivity contribution < 1.29 is 4.74 Å². The van der Waals surface area contributed by atoms with Gasteiger partial charge in [0.2, 0.25) is 0 Å². The van der Waals surface area contributed by atoms with Crippen molar-refractivity contribution in [3.8, 4) is 33.9 Å². The Morgan fingerprint density at radius 1 is 0.861 bits per heavy atom. The molecular weight excluding hydrogens is 462 g/mol. The lowest BCUT2D eigenvalue weighted by Gasteiger charge is -2.28. The average Bonchev–Trinajstić information content (AvgIpc) is 3.04. The Kier molecular flexibility index (Phi) is 4.32. The van der Waals surface area contributed by atoms with Crippen LogP contribution in [0.2, 0.25) is 5.02 Å². The first-order valence-corrected chi connectivity index (χ1v) is 13.0. The van der Waals surface area contributed by atoms with E-state index in [0.717, 1.165) is 39.9 Å². The number of pyridine rings is 1. The summed E-state index contributed by atoms with van der Waals surface area (Å²) in [6, 6.07) is 21.8. The van der Waals surface area contributed by atoms with Gasteiger partial charge in [0.25, 0.3) is 0 Å². The fourth-order valence-corrected chi connectivity index (χ4v) is 6.50. The molecule has 0 unspecified atom stereocenters. The van der Waals surface area contributed by atoms with E-state index < -0.39 is 0 Å². The molecule has 0 bridgehead atoms. The normalized spacial score (nSPS) is 14.9. The number of rotatable bonds is 1. The van der Waals surface area contributed by atoms with Crippen molar-refractivity contribution in [2.75, 3.05) is 0 Å². The number of ether oxygens (including phenoxy) is 1.